The minimum Gasteiger partial charge on any atom is -0.496 e. The lowest BCUT2D eigenvalue weighted by Crippen LogP contribution is -2.47. The normalized spacial score (nSPS) is 15.4. The molecule has 0 N–H and O–H groups in total. The van der Waals surface area contributed by atoms with E-state index in [2.05, 4.69) is 22.2 Å². The zero-order valence-corrected chi connectivity index (χ0v) is 17.1. The monoisotopic (exact) mass is 385 g/mol. The van der Waals surface area contributed by atoms with E-state index in [4.69, 9.17) is 4.74 Å². The van der Waals surface area contributed by atoms with Crippen LogP contribution in [0.25, 0.3) is 6.08 Å². The summed E-state index contributed by atoms with van der Waals surface area (Å²) in [6.07, 6.45) is 4.49. The third-order valence-electron chi connectivity index (χ3n) is 4.76. The van der Waals surface area contributed by atoms with E-state index >= 15 is 0 Å². The average Bonchev–Trinajstić information content (AvgIpc) is 3.14. The van der Waals surface area contributed by atoms with Gasteiger partial charge in [-0.1, -0.05) is 18.6 Å². The van der Waals surface area contributed by atoms with Crippen molar-refractivity contribution in [2.24, 2.45) is 0 Å². The highest BCUT2D eigenvalue weighted by atomic mass is 32.1. The SMILES string of the molecule is CCc1nc(CN2CCN(C(=O)C=Cc3cc(C)ccc3OC)CC2)cs1. The van der Waals surface area contributed by atoms with Crippen molar-refractivity contribution in [2.45, 2.75) is 26.8 Å². The first-order valence-electron chi connectivity index (χ1n) is 9.36. The lowest BCUT2D eigenvalue weighted by Gasteiger charge is -2.33. The minimum atomic E-state index is 0.0557. The molecule has 5 nitrogen and oxygen atoms in total. The number of nitrogens with zero attached hydrogens (tertiary/aromatic N) is 3. The van der Waals surface area contributed by atoms with Crippen molar-refractivity contribution < 1.29 is 9.53 Å². The molecule has 1 aromatic carbocycles. The molecule has 1 fully saturated rings. The molecule has 144 valence electrons. The molecule has 1 amide bonds. The number of ether oxygens (including phenoxy) is 1. The number of carbonyl (C=O) groups is 1. The first kappa shape index (κ1) is 19.6. The Morgan fingerprint density at radius 3 is 2.74 bits per heavy atom. The number of thiazole rings is 1. The van der Waals surface area contributed by atoms with Gasteiger partial charge in [0.2, 0.25) is 5.91 Å². The van der Waals surface area contributed by atoms with Crippen molar-refractivity contribution in [3.63, 3.8) is 0 Å². The summed E-state index contributed by atoms with van der Waals surface area (Å²) < 4.78 is 5.37. The van der Waals surface area contributed by atoms with E-state index < -0.39 is 0 Å². The van der Waals surface area contributed by atoms with E-state index in [-0.39, 0.29) is 5.91 Å². The maximum absolute atomic E-state index is 12.5. The summed E-state index contributed by atoms with van der Waals surface area (Å²) in [6, 6.07) is 5.96. The smallest absolute Gasteiger partial charge is 0.246 e. The Bertz CT molecular complexity index is 808. The molecule has 1 aliphatic heterocycles. The van der Waals surface area contributed by atoms with Gasteiger partial charge in [0.15, 0.2) is 0 Å². The maximum Gasteiger partial charge on any atom is 0.246 e. The number of hydrogen-bond donors (Lipinski definition) is 0. The Balaban J connectivity index is 1.53. The molecule has 27 heavy (non-hydrogen) atoms. The molecule has 2 aromatic rings. The molecule has 1 aromatic heterocycles. The van der Waals surface area contributed by atoms with E-state index in [0.717, 1.165) is 61.7 Å². The van der Waals surface area contributed by atoms with Crippen LogP contribution >= 0.6 is 11.3 Å². The Labute approximate surface area is 165 Å². The molecule has 1 saturated heterocycles. The summed E-state index contributed by atoms with van der Waals surface area (Å²) in [5.41, 5.74) is 3.22. The van der Waals surface area contributed by atoms with E-state index in [9.17, 15) is 4.79 Å². The van der Waals surface area contributed by atoms with Crippen LogP contribution in [0.2, 0.25) is 0 Å². The van der Waals surface area contributed by atoms with Gasteiger partial charge < -0.3 is 9.64 Å². The molecular formula is C21H27N3O2S. The van der Waals surface area contributed by atoms with E-state index in [1.807, 2.05) is 36.1 Å². The van der Waals surface area contributed by atoms with Crippen molar-refractivity contribution in [1.82, 2.24) is 14.8 Å². The Morgan fingerprint density at radius 2 is 2.07 bits per heavy atom. The maximum atomic E-state index is 12.5. The van der Waals surface area contributed by atoms with Crippen LogP contribution in [0.3, 0.4) is 0 Å². The average molecular weight is 386 g/mol. The van der Waals surface area contributed by atoms with Gasteiger partial charge in [-0.2, -0.15) is 0 Å². The van der Waals surface area contributed by atoms with Gasteiger partial charge in [-0.15, -0.1) is 11.3 Å². The van der Waals surface area contributed by atoms with Crippen molar-refractivity contribution >= 4 is 23.3 Å². The second-order valence-corrected chi connectivity index (χ2v) is 7.71. The molecular weight excluding hydrogens is 358 g/mol. The lowest BCUT2D eigenvalue weighted by atomic mass is 10.1. The lowest BCUT2D eigenvalue weighted by molar-refractivity contribution is -0.127. The first-order chi connectivity index (χ1) is 13.1. The molecule has 2 heterocycles. The predicted molar refractivity (Wildman–Crippen MR) is 110 cm³/mol. The molecule has 0 spiro atoms. The van der Waals surface area contributed by atoms with Crippen molar-refractivity contribution in [1.29, 1.82) is 0 Å². The predicted octanol–water partition coefficient (Wildman–Crippen LogP) is 3.38. The first-order valence-corrected chi connectivity index (χ1v) is 10.2. The van der Waals surface area contributed by atoms with Gasteiger partial charge in [0, 0.05) is 49.7 Å². The van der Waals surface area contributed by atoms with Gasteiger partial charge in [0.25, 0.3) is 0 Å². The summed E-state index contributed by atoms with van der Waals surface area (Å²) in [7, 11) is 1.65. The van der Waals surface area contributed by atoms with Crippen LogP contribution in [0.1, 0.15) is 28.8 Å². The van der Waals surface area contributed by atoms with Gasteiger partial charge in [0.05, 0.1) is 17.8 Å². The van der Waals surface area contributed by atoms with Gasteiger partial charge in [0.1, 0.15) is 5.75 Å². The minimum absolute atomic E-state index is 0.0557. The summed E-state index contributed by atoms with van der Waals surface area (Å²) in [5, 5.41) is 3.34. The number of methoxy groups -OCH3 is 1. The Morgan fingerprint density at radius 1 is 1.30 bits per heavy atom. The summed E-state index contributed by atoms with van der Waals surface area (Å²) >= 11 is 1.73. The van der Waals surface area contributed by atoms with Crippen molar-refractivity contribution in [2.75, 3.05) is 33.3 Å². The fraction of sp³-hybridized carbons (Fsp3) is 0.429. The van der Waals surface area contributed by atoms with Crippen molar-refractivity contribution in [3.05, 3.63) is 51.5 Å². The zero-order chi connectivity index (χ0) is 19.2. The summed E-state index contributed by atoms with van der Waals surface area (Å²) in [4.78, 5) is 21.4. The van der Waals surface area contributed by atoms with Crippen LogP contribution in [0.15, 0.2) is 29.7 Å². The second-order valence-electron chi connectivity index (χ2n) is 6.77. The highest BCUT2D eigenvalue weighted by Crippen LogP contribution is 2.21. The summed E-state index contributed by atoms with van der Waals surface area (Å²) in [5.74, 6) is 0.837. The Kier molecular flexibility index (Phi) is 6.63. The highest BCUT2D eigenvalue weighted by Gasteiger charge is 2.20. The third-order valence-corrected chi connectivity index (χ3v) is 5.80. The highest BCUT2D eigenvalue weighted by molar-refractivity contribution is 7.09. The quantitative estimate of drug-likeness (QED) is 0.715. The van der Waals surface area contributed by atoms with Gasteiger partial charge >= 0.3 is 0 Å². The number of carbonyl (C=O) groups excluding carboxylic acids is 1. The molecule has 0 atom stereocenters. The zero-order valence-electron chi connectivity index (χ0n) is 16.3. The molecule has 0 radical (unpaired) electrons. The fourth-order valence-corrected chi connectivity index (χ4v) is 3.93. The fourth-order valence-electron chi connectivity index (χ4n) is 3.19. The number of amides is 1. The molecule has 0 aliphatic carbocycles. The van der Waals surface area contributed by atoms with E-state index in [1.165, 1.54) is 5.01 Å². The van der Waals surface area contributed by atoms with Crippen LogP contribution in [-0.2, 0) is 17.8 Å². The number of aryl methyl sites for hydroxylation is 2. The molecule has 0 unspecified atom stereocenters. The van der Waals surface area contributed by atoms with Crippen LogP contribution in [0.4, 0.5) is 0 Å². The Hall–Kier alpha value is -2.18. The molecule has 1 aliphatic rings. The largest absolute Gasteiger partial charge is 0.496 e. The second kappa shape index (κ2) is 9.15. The topological polar surface area (TPSA) is 45.7 Å². The van der Waals surface area contributed by atoms with Crippen LogP contribution in [0.5, 0.6) is 5.75 Å². The van der Waals surface area contributed by atoms with E-state index in [1.54, 1.807) is 24.5 Å². The number of hydrogen-bond acceptors (Lipinski definition) is 5. The van der Waals surface area contributed by atoms with Crippen molar-refractivity contribution in [3.8, 4) is 5.75 Å². The van der Waals surface area contributed by atoms with Gasteiger partial charge in [-0.05, 0) is 31.6 Å². The van der Waals surface area contributed by atoms with Gasteiger partial charge in [-0.25, -0.2) is 4.98 Å². The molecule has 3 rings (SSSR count). The molecule has 6 heteroatoms. The van der Waals surface area contributed by atoms with E-state index in [0.29, 0.717) is 0 Å². The number of benzene rings is 1. The van der Waals surface area contributed by atoms with Gasteiger partial charge in [-0.3, -0.25) is 9.69 Å². The number of aromatic nitrogens is 1. The standard InChI is InChI=1S/C21H27N3O2S/c1-4-20-22-18(15-27-20)14-23-9-11-24(12-10-23)21(25)8-6-17-13-16(2)5-7-19(17)26-3/h5-8,13,15H,4,9-12,14H2,1-3H3. The molecule has 0 bridgehead atoms. The third kappa shape index (κ3) is 5.17. The van der Waals surface area contributed by atoms with Crippen LogP contribution < -0.4 is 4.74 Å². The van der Waals surface area contributed by atoms with Crippen LogP contribution in [0, 0.1) is 6.92 Å². The molecule has 0 saturated carbocycles. The van der Waals surface area contributed by atoms with Crippen LogP contribution in [-0.4, -0.2) is 54.0 Å². The number of piperazine rings is 1. The number of rotatable bonds is 6. The summed E-state index contributed by atoms with van der Waals surface area (Å²) in [6.45, 7) is 8.29.